The third kappa shape index (κ3) is 3.82. The number of benzene rings is 1. The van der Waals surface area contributed by atoms with Crippen molar-refractivity contribution in [3.63, 3.8) is 0 Å². The third-order valence-electron chi connectivity index (χ3n) is 3.01. The Morgan fingerprint density at radius 1 is 1.26 bits per heavy atom. The first-order valence-corrected chi connectivity index (χ1v) is 6.74. The molecule has 0 aliphatic rings. The van der Waals surface area contributed by atoms with Gasteiger partial charge in [-0.25, -0.2) is 9.37 Å². The number of hydrogen-bond donors (Lipinski definition) is 1. The maximum absolute atomic E-state index is 12.9. The Kier molecular flexibility index (Phi) is 5.24. The summed E-state index contributed by atoms with van der Waals surface area (Å²) in [5.41, 5.74) is 0.792. The topological polar surface area (TPSA) is 73.3 Å². The fourth-order valence-corrected chi connectivity index (χ4v) is 1.88. The van der Waals surface area contributed by atoms with Crippen LogP contribution in [0.5, 0.6) is 11.6 Å². The molecular weight excluding hydrogens is 301 g/mol. The van der Waals surface area contributed by atoms with Crippen LogP contribution in [-0.4, -0.2) is 30.1 Å². The predicted octanol–water partition coefficient (Wildman–Crippen LogP) is 2.21. The van der Waals surface area contributed by atoms with Gasteiger partial charge in [0.15, 0.2) is 11.5 Å². The highest BCUT2D eigenvalue weighted by atomic mass is 19.1. The summed E-state index contributed by atoms with van der Waals surface area (Å²) in [7, 11) is 2.81. The lowest BCUT2D eigenvalue weighted by Crippen LogP contribution is -2.25. The van der Waals surface area contributed by atoms with Gasteiger partial charge < -0.3 is 14.8 Å². The van der Waals surface area contributed by atoms with Gasteiger partial charge in [0, 0.05) is 6.54 Å². The van der Waals surface area contributed by atoms with Crippen LogP contribution in [0.2, 0.25) is 0 Å². The summed E-state index contributed by atoms with van der Waals surface area (Å²) in [4.78, 5) is 20.5. The first-order valence-electron chi connectivity index (χ1n) is 6.74. The fraction of sp³-hybridized carbons (Fsp3) is 0.188. The number of hydrogen-bond acceptors (Lipinski definition) is 5. The van der Waals surface area contributed by atoms with Gasteiger partial charge in [0.05, 0.1) is 14.2 Å². The molecule has 0 aliphatic carbocycles. The number of carbonyl (C=O) groups is 1. The van der Waals surface area contributed by atoms with Crippen molar-refractivity contribution < 1.29 is 18.7 Å². The summed E-state index contributed by atoms with van der Waals surface area (Å²) < 4.78 is 23.1. The van der Waals surface area contributed by atoms with Crippen LogP contribution in [0.25, 0.3) is 6.08 Å². The molecule has 0 spiro atoms. The monoisotopic (exact) mass is 317 g/mol. The average Bonchev–Trinajstić information content (AvgIpc) is 2.59. The highest BCUT2D eigenvalue weighted by molar-refractivity contribution is 5.95. The van der Waals surface area contributed by atoms with Crippen molar-refractivity contribution in [3.8, 4) is 11.6 Å². The van der Waals surface area contributed by atoms with Crippen LogP contribution in [0.3, 0.4) is 0 Å². The first kappa shape index (κ1) is 16.4. The van der Waals surface area contributed by atoms with Gasteiger partial charge in [-0.15, -0.1) is 0 Å². The normalized spacial score (nSPS) is 10.0. The number of amides is 1. The summed E-state index contributed by atoms with van der Waals surface area (Å²) >= 11 is 0. The van der Waals surface area contributed by atoms with Crippen molar-refractivity contribution in [2.24, 2.45) is 0 Å². The average molecular weight is 317 g/mol. The zero-order chi connectivity index (χ0) is 16.8. The summed E-state index contributed by atoms with van der Waals surface area (Å²) in [6.07, 6.45) is 1.40. The van der Waals surface area contributed by atoms with Gasteiger partial charge in [-0.1, -0.05) is 18.7 Å². The Bertz CT molecular complexity index is 717. The van der Waals surface area contributed by atoms with E-state index in [0.717, 1.165) is 5.56 Å². The highest BCUT2D eigenvalue weighted by Gasteiger charge is 2.21. The molecule has 1 N–H and O–H groups in total. The summed E-state index contributed by atoms with van der Waals surface area (Å²) in [6, 6.07) is 5.82. The van der Waals surface area contributed by atoms with Crippen LogP contribution in [0.1, 0.15) is 21.9 Å². The van der Waals surface area contributed by atoms with Crippen molar-refractivity contribution in [2.75, 3.05) is 14.2 Å². The van der Waals surface area contributed by atoms with E-state index in [2.05, 4.69) is 21.9 Å². The standard InChI is InChI=1S/C16H16FN3O3/c1-4-12-19-13(14(22-2)16(20-12)23-3)15(21)18-9-10-5-7-11(17)8-6-10/h4-8H,1,9H2,2-3H3,(H,18,21). The van der Waals surface area contributed by atoms with Crippen LogP contribution in [0, 0.1) is 5.82 Å². The number of halogens is 1. The van der Waals surface area contributed by atoms with Crippen molar-refractivity contribution in [1.29, 1.82) is 0 Å². The molecule has 0 saturated heterocycles. The largest absolute Gasteiger partial charge is 0.489 e. The van der Waals surface area contributed by atoms with Crippen LogP contribution in [-0.2, 0) is 6.54 Å². The molecule has 120 valence electrons. The molecule has 0 radical (unpaired) electrons. The molecule has 1 aromatic carbocycles. The maximum Gasteiger partial charge on any atom is 0.274 e. The Hall–Kier alpha value is -2.96. The zero-order valence-corrected chi connectivity index (χ0v) is 12.8. The van der Waals surface area contributed by atoms with E-state index < -0.39 is 5.91 Å². The first-order chi connectivity index (χ1) is 11.1. The zero-order valence-electron chi connectivity index (χ0n) is 12.8. The molecule has 2 rings (SSSR count). The minimum atomic E-state index is -0.463. The van der Waals surface area contributed by atoms with Gasteiger partial charge in [0.2, 0.25) is 5.75 Å². The number of methoxy groups -OCH3 is 2. The van der Waals surface area contributed by atoms with Crippen LogP contribution in [0.4, 0.5) is 4.39 Å². The van der Waals surface area contributed by atoms with Crippen molar-refractivity contribution >= 4 is 12.0 Å². The molecule has 0 aliphatic heterocycles. The quantitative estimate of drug-likeness (QED) is 0.884. The Balaban J connectivity index is 2.23. The number of carbonyl (C=O) groups excluding carboxylic acids is 1. The van der Waals surface area contributed by atoms with Gasteiger partial charge in [-0.3, -0.25) is 4.79 Å². The summed E-state index contributed by atoms with van der Waals surface area (Å²) in [5.74, 6) is -0.276. The Labute approximate surface area is 133 Å². The van der Waals surface area contributed by atoms with E-state index >= 15 is 0 Å². The van der Waals surface area contributed by atoms with Gasteiger partial charge >= 0.3 is 0 Å². The molecule has 0 fully saturated rings. The van der Waals surface area contributed by atoms with Gasteiger partial charge in [0.1, 0.15) is 5.82 Å². The van der Waals surface area contributed by atoms with Crippen LogP contribution in [0.15, 0.2) is 30.8 Å². The van der Waals surface area contributed by atoms with Crippen LogP contribution < -0.4 is 14.8 Å². The molecule has 1 heterocycles. The molecule has 6 nitrogen and oxygen atoms in total. The minimum absolute atomic E-state index is 0.0383. The molecule has 1 amide bonds. The van der Waals surface area contributed by atoms with E-state index in [-0.39, 0.29) is 35.5 Å². The molecule has 1 aromatic heterocycles. The van der Waals surface area contributed by atoms with E-state index in [1.165, 1.54) is 32.4 Å². The van der Waals surface area contributed by atoms with Crippen LogP contribution >= 0.6 is 0 Å². The maximum atomic E-state index is 12.9. The lowest BCUT2D eigenvalue weighted by molar-refractivity contribution is 0.0941. The SMILES string of the molecule is C=Cc1nc(OC)c(OC)c(C(=O)NCc2ccc(F)cc2)n1. The van der Waals surface area contributed by atoms with Gasteiger partial charge in [-0.2, -0.15) is 4.98 Å². The van der Waals surface area contributed by atoms with Crippen molar-refractivity contribution in [2.45, 2.75) is 6.54 Å². The number of nitrogens with one attached hydrogen (secondary N) is 1. The van der Waals surface area contributed by atoms with E-state index in [1.54, 1.807) is 12.1 Å². The number of aromatic nitrogens is 2. The Morgan fingerprint density at radius 3 is 2.52 bits per heavy atom. The summed E-state index contributed by atoms with van der Waals surface area (Å²) in [5, 5.41) is 2.69. The minimum Gasteiger partial charge on any atom is -0.489 e. The number of nitrogens with zero attached hydrogens (tertiary/aromatic N) is 2. The number of ether oxygens (including phenoxy) is 2. The van der Waals surface area contributed by atoms with Gasteiger partial charge in [0.25, 0.3) is 11.8 Å². The predicted molar refractivity (Wildman–Crippen MR) is 82.8 cm³/mol. The third-order valence-corrected chi connectivity index (χ3v) is 3.01. The second-order valence-corrected chi connectivity index (χ2v) is 4.49. The lowest BCUT2D eigenvalue weighted by atomic mass is 10.2. The fourth-order valence-electron chi connectivity index (χ4n) is 1.88. The summed E-state index contributed by atoms with van der Waals surface area (Å²) in [6.45, 7) is 3.80. The lowest BCUT2D eigenvalue weighted by Gasteiger charge is -2.12. The van der Waals surface area contributed by atoms with E-state index in [9.17, 15) is 9.18 Å². The molecule has 0 atom stereocenters. The van der Waals surface area contributed by atoms with E-state index in [1.807, 2.05) is 0 Å². The number of rotatable bonds is 6. The molecule has 23 heavy (non-hydrogen) atoms. The Morgan fingerprint density at radius 2 is 1.96 bits per heavy atom. The van der Waals surface area contributed by atoms with Crippen molar-refractivity contribution in [1.82, 2.24) is 15.3 Å². The molecule has 0 unspecified atom stereocenters. The molecule has 2 aromatic rings. The highest BCUT2D eigenvalue weighted by Crippen LogP contribution is 2.28. The smallest absolute Gasteiger partial charge is 0.274 e. The van der Waals surface area contributed by atoms with E-state index in [0.29, 0.717) is 0 Å². The van der Waals surface area contributed by atoms with Crippen molar-refractivity contribution in [3.05, 3.63) is 53.7 Å². The molecule has 0 saturated carbocycles. The van der Waals surface area contributed by atoms with E-state index in [4.69, 9.17) is 9.47 Å². The molecule has 0 bridgehead atoms. The second-order valence-electron chi connectivity index (χ2n) is 4.49. The molecular formula is C16H16FN3O3. The van der Waals surface area contributed by atoms with Gasteiger partial charge in [-0.05, 0) is 23.8 Å². The second kappa shape index (κ2) is 7.35. The molecule has 7 heteroatoms.